The Morgan fingerprint density at radius 3 is 3.10 bits per heavy atom. The van der Waals surface area contributed by atoms with Crippen molar-refractivity contribution in [3.05, 3.63) is 24.0 Å². The van der Waals surface area contributed by atoms with Gasteiger partial charge in [-0.25, -0.2) is 0 Å². The van der Waals surface area contributed by atoms with Gasteiger partial charge in [-0.05, 0) is 31.9 Å². The molecule has 1 spiro atoms. The number of pyridine rings is 1. The molecular formula is C16H24N2O3. The molecule has 0 bridgehead atoms. The van der Waals surface area contributed by atoms with E-state index in [9.17, 15) is 0 Å². The summed E-state index contributed by atoms with van der Waals surface area (Å²) in [6.45, 7) is 2.35. The maximum atomic E-state index is 6.05. The number of nitrogens with one attached hydrogen (secondary N) is 1. The van der Waals surface area contributed by atoms with Crippen LogP contribution in [0, 0.1) is 5.92 Å². The minimum Gasteiger partial charge on any atom is -0.495 e. The zero-order valence-corrected chi connectivity index (χ0v) is 12.8. The predicted octanol–water partition coefficient (Wildman–Crippen LogP) is 1.94. The van der Waals surface area contributed by atoms with Crippen LogP contribution in [-0.2, 0) is 9.47 Å². The Hall–Kier alpha value is -1.17. The number of hydrogen-bond acceptors (Lipinski definition) is 5. The first-order valence-corrected chi connectivity index (χ1v) is 7.65. The lowest BCUT2D eigenvalue weighted by molar-refractivity contribution is -0.103. The van der Waals surface area contributed by atoms with Crippen LogP contribution in [0.5, 0.6) is 5.75 Å². The third-order valence-electron chi connectivity index (χ3n) is 4.75. The van der Waals surface area contributed by atoms with Crippen LogP contribution >= 0.6 is 0 Å². The van der Waals surface area contributed by atoms with Crippen molar-refractivity contribution in [2.45, 2.75) is 30.9 Å². The molecule has 3 atom stereocenters. The van der Waals surface area contributed by atoms with Crippen molar-refractivity contribution in [2.24, 2.45) is 5.92 Å². The fourth-order valence-electron chi connectivity index (χ4n) is 3.68. The van der Waals surface area contributed by atoms with E-state index in [2.05, 4.69) is 10.3 Å². The molecule has 3 heterocycles. The van der Waals surface area contributed by atoms with Crippen LogP contribution in [0.4, 0.5) is 0 Å². The van der Waals surface area contributed by atoms with Crippen LogP contribution in [0.25, 0.3) is 0 Å². The lowest BCUT2D eigenvalue weighted by Crippen LogP contribution is -2.43. The Morgan fingerprint density at radius 1 is 1.48 bits per heavy atom. The van der Waals surface area contributed by atoms with Crippen molar-refractivity contribution in [1.82, 2.24) is 10.3 Å². The maximum Gasteiger partial charge on any atom is 0.141 e. The highest BCUT2D eigenvalue weighted by molar-refractivity contribution is 5.33. The van der Waals surface area contributed by atoms with E-state index in [1.54, 1.807) is 13.3 Å². The Labute approximate surface area is 126 Å². The molecule has 2 fully saturated rings. The fourth-order valence-corrected chi connectivity index (χ4v) is 3.68. The van der Waals surface area contributed by atoms with Crippen molar-refractivity contribution >= 4 is 0 Å². The monoisotopic (exact) mass is 292 g/mol. The van der Waals surface area contributed by atoms with Crippen LogP contribution in [0.1, 0.15) is 30.9 Å². The van der Waals surface area contributed by atoms with Gasteiger partial charge in [-0.3, -0.25) is 4.98 Å². The van der Waals surface area contributed by atoms with Gasteiger partial charge in [0.1, 0.15) is 5.75 Å². The van der Waals surface area contributed by atoms with Crippen molar-refractivity contribution < 1.29 is 14.2 Å². The van der Waals surface area contributed by atoms with E-state index < -0.39 is 0 Å². The normalized spacial score (nSPS) is 30.5. The zero-order valence-electron chi connectivity index (χ0n) is 12.8. The van der Waals surface area contributed by atoms with Gasteiger partial charge < -0.3 is 19.5 Å². The van der Waals surface area contributed by atoms with Crippen LogP contribution in [0.2, 0.25) is 0 Å². The van der Waals surface area contributed by atoms with Gasteiger partial charge in [0.2, 0.25) is 0 Å². The Bertz CT molecular complexity index is 474. The quantitative estimate of drug-likeness (QED) is 0.919. The average Bonchev–Trinajstić information content (AvgIpc) is 2.96. The van der Waals surface area contributed by atoms with Gasteiger partial charge in [0, 0.05) is 37.4 Å². The van der Waals surface area contributed by atoms with Crippen molar-refractivity contribution in [1.29, 1.82) is 0 Å². The molecule has 21 heavy (non-hydrogen) atoms. The van der Waals surface area contributed by atoms with E-state index in [1.165, 1.54) is 5.56 Å². The van der Waals surface area contributed by atoms with Gasteiger partial charge in [0.05, 0.1) is 25.5 Å². The molecule has 2 aliphatic rings. The maximum absolute atomic E-state index is 6.05. The van der Waals surface area contributed by atoms with Gasteiger partial charge in [0.25, 0.3) is 0 Å². The van der Waals surface area contributed by atoms with Gasteiger partial charge in [-0.15, -0.1) is 0 Å². The third kappa shape index (κ3) is 2.91. The zero-order chi connectivity index (χ0) is 14.7. The molecule has 2 saturated heterocycles. The molecule has 0 aromatic carbocycles. The first-order valence-electron chi connectivity index (χ1n) is 7.65. The highest BCUT2D eigenvalue weighted by Gasteiger charge is 2.43. The summed E-state index contributed by atoms with van der Waals surface area (Å²) in [5.74, 6) is 1.36. The van der Waals surface area contributed by atoms with Crippen molar-refractivity contribution in [3.63, 3.8) is 0 Å². The minimum absolute atomic E-state index is 0.0711. The van der Waals surface area contributed by atoms with E-state index in [1.807, 2.05) is 19.3 Å². The highest BCUT2D eigenvalue weighted by Crippen LogP contribution is 2.42. The lowest BCUT2D eigenvalue weighted by atomic mass is 9.79. The summed E-state index contributed by atoms with van der Waals surface area (Å²) < 4.78 is 17.1. The molecule has 116 valence electrons. The summed E-state index contributed by atoms with van der Waals surface area (Å²) in [6.07, 6.45) is 6.71. The summed E-state index contributed by atoms with van der Waals surface area (Å²) in [6, 6.07) is 2.30. The van der Waals surface area contributed by atoms with Crippen LogP contribution in [0.3, 0.4) is 0 Å². The molecule has 1 N–H and O–H groups in total. The van der Waals surface area contributed by atoms with Crippen LogP contribution < -0.4 is 10.1 Å². The lowest BCUT2D eigenvalue weighted by Gasteiger charge is -2.40. The Balaban J connectivity index is 1.82. The average molecular weight is 292 g/mol. The molecule has 1 aromatic heterocycles. The van der Waals surface area contributed by atoms with E-state index >= 15 is 0 Å². The fraction of sp³-hybridized carbons (Fsp3) is 0.688. The number of ether oxygens (including phenoxy) is 3. The summed E-state index contributed by atoms with van der Waals surface area (Å²) in [4.78, 5) is 4.15. The van der Waals surface area contributed by atoms with E-state index in [0.717, 1.165) is 44.8 Å². The second-order valence-corrected chi connectivity index (χ2v) is 5.97. The van der Waals surface area contributed by atoms with Gasteiger partial charge in [-0.1, -0.05) is 0 Å². The smallest absolute Gasteiger partial charge is 0.141 e. The molecule has 5 nitrogen and oxygen atoms in total. The molecule has 2 aliphatic heterocycles. The number of hydrogen-bond donors (Lipinski definition) is 1. The van der Waals surface area contributed by atoms with Crippen molar-refractivity contribution in [3.8, 4) is 5.75 Å². The Morgan fingerprint density at radius 2 is 2.38 bits per heavy atom. The molecule has 0 amide bonds. The molecular weight excluding hydrogens is 268 g/mol. The second-order valence-electron chi connectivity index (χ2n) is 5.97. The van der Waals surface area contributed by atoms with E-state index in [-0.39, 0.29) is 11.6 Å². The number of aromatic nitrogens is 1. The number of nitrogens with zero attached hydrogens (tertiary/aromatic N) is 1. The van der Waals surface area contributed by atoms with Gasteiger partial charge in [0.15, 0.2) is 0 Å². The molecule has 0 radical (unpaired) electrons. The van der Waals surface area contributed by atoms with Crippen molar-refractivity contribution in [2.75, 3.05) is 34.0 Å². The predicted molar refractivity (Wildman–Crippen MR) is 79.4 cm³/mol. The first-order chi connectivity index (χ1) is 10.3. The second kappa shape index (κ2) is 6.30. The highest BCUT2D eigenvalue weighted by atomic mass is 16.6. The summed E-state index contributed by atoms with van der Waals surface area (Å²) in [7, 11) is 3.71. The van der Waals surface area contributed by atoms with Gasteiger partial charge >= 0.3 is 0 Å². The number of methoxy groups -OCH3 is 1. The summed E-state index contributed by atoms with van der Waals surface area (Å²) >= 11 is 0. The molecule has 3 unspecified atom stereocenters. The van der Waals surface area contributed by atoms with E-state index in [4.69, 9.17) is 14.2 Å². The molecule has 3 rings (SSSR count). The van der Waals surface area contributed by atoms with Crippen LogP contribution in [-0.4, -0.2) is 44.6 Å². The first kappa shape index (κ1) is 14.8. The van der Waals surface area contributed by atoms with Crippen LogP contribution in [0.15, 0.2) is 18.5 Å². The summed E-state index contributed by atoms with van der Waals surface area (Å²) in [5, 5.41) is 3.47. The molecule has 0 aliphatic carbocycles. The minimum atomic E-state index is -0.0711. The third-order valence-corrected chi connectivity index (χ3v) is 4.75. The Kier molecular flexibility index (Phi) is 4.42. The molecule has 1 aromatic rings. The SMILES string of the molecule is CNC(c1ccncc1OC)C1CCOC2(CCOC2)C1. The standard InChI is InChI=1S/C16H24N2O3/c1-17-15(13-3-6-18-10-14(13)19-2)12-4-7-21-16(9-12)5-8-20-11-16/h3,6,10,12,15,17H,4-5,7-9,11H2,1-2H3. The summed E-state index contributed by atoms with van der Waals surface area (Å²) in [5.41, 5.74) is 1.11. The molecule has 5 heteroatoms. The van der Waals surface area contributed by atoms with E-state index in [0.29, 0.717) is 5.92 Å². The number of rotatable bonds is 4. The van der Waals surface area contributed by atoms with Gasteiger partial charge in [-0.2, -0.15) is 0 Å². The largest absolute Gasteiger partial charge is 0.495 e. The topological polar surface area (TPSA) is 52.6 Å². The molecule has 0 saturated carbocycles.